The number of hydrogen-bond acceptors (Lipinski definition) is 4. The number of rotatable bonds is 8. The van der Waals surface area contributed by atoms with E-state index in [9.17, 15) is 0 Å². The van der Waals surface area contributed by atoms with Crippen molar-refractivity contribution < 1.29 is 4.42 Å². The van der Waals surface area contributed by atoms with Crippen LogP contribution in [0.3, 0.4) is 0 Å². The third kappa shape index (κ3) is 8.81. The molecule has 1 aliphatic rings. The van der Waals surface area contributed by atoms with Gasteiger partial charge in [0.15, 0.2) is 5.96 Å². The van der Waals surface area contributed by atoms with Crippen LogP contribution in [0.1, 0.15) is 57.4 Å². The van der Waals surface area contributed by atoms with Crippen molar-refractivity contribution in [2.75, 3.05) is 32.7 Å². The number of nitrogens with zero attached hydrogens (tertiary/aromatic N) is 3. The van der Waals surface area contributed by atoms with Gasteiger partial charge < -0.3 is 15.1 Å². The Morgan fingerprint density at radius 3 is 2.52 bits per heavy atom. The highest BCUT2D eigenvalue weighted by Gasteiger charge is 2.20. The quantitative estimate of drug-likeness (QED) is 0.330. The van der Waals surface area contributed by atoms with E-state index in [1.807, 2.05) is 13.8 Å². The zero-order valence-corrected chi connectivity index (χ0v) is 20.0. The van der Waals surface area contributed by atoms with Crippen LogP contribution in [-0.2, 0) is 6.54 Å². The molecule has 1 fully saturated rings. The molecular weight excluding hydrogens is 453 g/mol. The minimum Gasteiger partial charge on any atom is -0.444 e. The highest BCUT2D eigenvalue weighted by atomic mass is 127. The minimum absolute atomic E-state index is 0. The van der Waals surface area contributed by atoms with Gasteiger partial charge in [0.25, 0.3) is 0 Å². The third-order valence-corrected chi connectivity index (χ3v) is 5.00. The van der Waals surface area contributed by atoms with Crippen LogP contribution in [0.4, 0.5) is 0 Å². The van der Waals surface area contributed by atoms with Gasteiger partial charge in [-0.1, -0.05) is 13.8 Å². The first kappa shape index (κ1) is 24.2. The number of aliphatic imine (C=N–C) groups is 1. The smallest absolute Gasteiger partial charge is 0.208 e. The van der Waals surface area contributed by atoms with Gasteiger partial charge in [-0.3, -0.25) is 9.89 Å². The maximum Gasteiger partial charge on any atom is 0.208 e. The minimum atomic E-state index is 0. The second kappa shape index (κ2) is 12.6. The summed E-state index contributed by atoms with van der Waals surface area (Å²) in [7, 11) is 0. The van der Waals surface area contributed by atoms with E-state index in [0.717, 1.165) is 62.6 Å². The first-order valence-corrected chi connectivity index (χ1v) is 10.1. The van der Waals surface area contributed by atoms with Gasteiger partial charge in [-0.15, -0.1) is 24.0 Å². The molecule has 0 aliphatic carbocycles. The Bertz CT molecular complexity index is 545. The van der Waals surface area contributed by atoms with Crippen molar-refractivity contribution in [2.45, 2.75) is 60.4 Å². The Balaban J connectivity index is 0.00000364. The van der Waals surface area contributed by atoms with Crippen LogP contribution in [0.15, 0.2) is 9.41 Å². The summed E-state index contributed by atoms with van der Waals surface area (Å²) in [4.78, 5) is 11.7. The van der Waals surface area contributed by atoms with Crippen molar-refractivity contribution in [1.29, 1.82) is 0 Å². The molecule has 156 valence electrons. The number of nitrogens with one attached hydrogen (secondary N) is 2. The molecule has 7 heteroatoms. The van der Waals surface area contributed by atoms with E-state index in [1.165, 1.54) is 19.3 Å². The fraction of sp³-hybridized carbons (Fsp3) is 0.800. The summed E-state index contributed by atoms with van der Waals surface area (Å²) in [5, 5.41) is 6.80. The fourth-order valence-corrected chi connectivity index (χ4v) is 3.17. The Kier molecular flexibility index (Phi) is 11.3. The van der Waals surface area contributed by atoms with Gasteiger partial charge in [0, 0.05) is 19.6 Å². The molecule has 1 aromatic rings. The number of oxazole rings is 1. The molecule has 0 amide bonds. The van der Waals surface area contributed by atoms with Crippen molar-refractivity contribution in [1.82, 2.24) is 20.5 Å². The molecule has 0 saturated carbocycles. The zero-order chi connectivity index (χ0) is 18.9. The predicted octanol–water partition coefficient (Wildman–Crippen LogP) is 3.72. The molecule has 1 saturated heterocycles. The highest BCUT2D eigenvalue weighted by Crippen LogP contribution is 2.20. The standard InChI is InChI=1S/C20H37N5O.HI/c1-6-21-20(22-10-7-15(2)3)23-13-18-8-11-25(12-9-18)14-19-24-16(4)17(5)26-19;/h15,18H,6-14H2,1-5H3,(H2,21,22,23);1H. The van der Waals surface area contributed by atoms with Crippen molar-refractivity contribution in [3.8, 4) is 0 Å². The second-order valence-corrected chi connectivity index (χ2v) is 7.80. The number of guanidine groups is 1. The second-order valence-electron chi connectivity index (χ2n) is 7.80. The average molecular weight is 491 g/mol. The van der Waals surface area contributed by atoms with Crippen molar-refractivity contribution in [2.24, 2.45) is 16.8 Å². The Morgan fingerprint density at radius 1 is 1.26 bits per heavy atom. The SMILES string of the molecule is CCNC(=NCC1CCN(Cc2nc(C)c(C)o2)CC1)NCCC(C)C.I. The van der Waals surface area contributed by atoms with Crippen LogP contribution >= 0.6 is 24.0 Å². The topological polar surface area (TPSA) is 65.7 Å². The number of hydrogen-bond donors (Lipinski definition) is 2. The molecule has 0 aromatic carbocycles. The number of piperidine rings is 1. The number of aromatic nitrogens is 1. The number of likely N-dealkylation sites (tertiary alicyclic amines) is 1. The van der Waals surface area contributed by atoms with Crippen LogP contribution < -0.4 is 10.6 Å². The molecule has 0 atom stereocenters. The molecule has 2 heterocycles. The molecule has 27 heavy (non-hydrogen) atoms. The molecule has 0 spiro atoms. The molecule has 2 rings (SSSR count). The first-order valence-electron chi connectivity index (χ1n) is 10.1. The van der Waals surface area contributed by atoms with Gasteiger partial charge in [0.2, 0.25) is 5.89 Å². The van der Waals surface area contributed by atoms with Gasteiger partial charge in [0.05, 0.1) is 12.2 Å². The van der Waals surface area contributed by atoms with E-state index in [-0.39, 0.29) is 24.0 Å². The summed E-state index contributed by atoms with van der Waals surface area (Å²) in [6.45, 7) is 16.4. The van der Waals surface area contributed by atoms with Crippen molar-refractivity contribution in [3.05, 3.63) is 17.3 Å². The lowest BCUT2D eigenvalue weighted by Gasteiger charge is -2.30. The molecule has 0 bridgehead atoms. The first-order chi connectivity index (χ1) is 12.5. The van der Waals surface area contributed by atoms with E-state index in [4.69, 9.17) is 9.41 Å². The van der Waals surface area contributed by atoms with Gasteiger partial charge in [0.1, 0.15) is 5.76 Å². The van der Waals surface area contributed by atoms with E-state index in [0.29, 0.717) is 11.8 Å². The number of aryl methyl sites for hydroxylation is 2. The van der Waals surface area contributed by atoms with Gasteiger partial charge in [-0.2, -0.15) is 0 Å². The van der Waals surface area contributed by atoms with Crippen LogP contribution in [0.2, 0.25) is 0 Å². The normalized spacial score (nSPS) is 16.4. The van der Waals surface area contributed by atoms with E-state index in [2.05, 4.69) is 41.3 Å². The van der Waals surface area contributed by atoms with E-state index in [1.54, 1.807) is 0 Å². The van der Waals surface area contributed by atoms with Crippen LogP contribution in [0, 0.1) is 25.7 Å². The summed E-state index contributed by atoms with van der Waals surface area (Å²) in [5.41, 5.74) is 1.00. The summed E-state index contributed by atoms with van der Waals surface area (Å²) in [6.07, 6.45) is 3.55. The van der Waals surface area contributed by atoms with Crippen LogP contribution in [-0.4, -0.2) is 48.6 Å². The molecule has 6 nitrogen and oxygen atoms in total. The summed E-state index contributed by atoms with van der Waals surface area (Å²) in [6, 6.07) is 0. The lowest BCUT2D eigenvalue weighted by molar-refractivity contribution is 0.166. The average Bonchev–Trinajstić information content (AvgIpc) is 2.91. The Labute approximate surface area is 182 Å². The van der Waals surface area contributed by atoms with E-state index < -0.39 is 0 Å². The van der Waals surface area contributed by atoms with Gasteiger partial charge in [-0.25, -0.2) is 4.98 Å². The van der Waals surface area contributed by atoms with Crippen molar-refractivity contribution >= 4 is 29.9 Å². The third-order valence-electron chi connectivity index (χ3n) is 5.00. The van der Waals surface area contributed by atoms with Gasteiger partial charge in [-0.05, 0) is 65.0 Å². The lowest BCUT2D eigenvalue weighted by Crippen LogP contribution is -2.39. The fourth-order valence-electron chi connectivity index (χ4n) is 3.17. The molecule has 2 N–H and O–H groups in total. The maximum absolute atomic E-state index is 5.71. The Hall–Kier alpha value is -0.830. The number of halogens is 1. The van der Waals surface area contributed by atoms with Crippen LogP contribution in [0.25, 0.3) is 0 Å². The molecule has 1 aliphatic heterocycles. The molecule has 0 unspecified atom stereocenters. The van der Waals surface area contributed by atoms with E-state index >= 15 is 0 Å². The summed E-state index contributed by atoms with van der Waals surface area (Å²) >= 11 is 0. The monoisotopic (exact) mass is 491 g/mol. The van der Waals surface area contributed by atoms with Crippen LogP contribution in [0.5, 0.6) is 0 Å². The maximum atomic E-state index is 5.71. The summed E-state index contributed by atoms with van der Waals surface area (Å²) < 4.78 is 5.71. The van der Waals surface area contributed by atoms with Gasteiger partial charge >= 0.3 is 0 Å². The summed E-state index contributed by atoms with van der Waals surface area (Å²) in [5.74, 6) is 4.12. The molecule has 1 aromatic heterocycles. The lowest BCUT2D eigenvalue weighted by atomic mass is 9.97. The largest absolute Gasteiger partial charge is 0.444 e. The predicted molar refractivity (Wildman–Crippen MR) is 123 cm³/mol. The molecule has 0 radical (unpaired) electrons. The molecular formula is C20H38IN5O. The highest BCUT2D eigenvalue weighted by molar-refractivity contribution is 14.0. The zero-order valence-electron chi connectivity index (χ0n) is 17.7. The van der Waals surface area contributed by atoms with Crippen molar-refractivity contribution in [3.63, 3.8) is 0 Å². The Morgan fingerprint density at radius 2 is 1.96 bits per heavy atom.